The lowest BCUT2D eigenvalue weighted by Crippen LogP contribution is -2.41. The number of likely N-dealkylation sites (tertiary alicyclic amines) is 1. The van der Waals surface area contributed by atoms with Gasteiger partial charge in [-0.1, -0.05) is 12.1 Å². The summed E-state index contributed by atoms with van der Waals surface area (Å²) in [6, 6.07) is 17.1. The predicted octanol–water partition coefficient (Wildman–Crippen LogP) is 3.43. The van der Waals surface area contributed by atoms with E-state index in [0.717, 1.165) is 38.1 Å². The number of nitriles is 1. The number of carbonyl (C=O) groups is 1. The Morgan fingerprint density at radius 3 is 2.30 bits per heavy atom. The van der Waals surface area contributed by atoms with Gasteiger partial charge < -0.3 is 14.4 Å². The highest BCUT2D eigenvalue weighted by Gasteiger charge is 2.23. The second-order valence-electron chi connectivity index (χ2n) is 6.80. The molecule has 0 atom stereocenters. The summed E-state index contributed by atoms with van der Waals surface area (Å²) in [5.74, 6) is 2.10. The molecule has 0 bridgehead atoms. The maximum absolute atomic E-state index is 12.4. The standard InChI is InChI=1S/C22H24N2O3/c1-26-20-6-2-17(3-7-20)14-18-10-12-24(13-11-18)22(25)16-27-21-8-4-19(15-23)5-9-21/h2-9,18H,10-14,16H2,1H3. The van der Waals surface area contributed by atoms with Crippen LogP contribution >= 0.6 is 0 Å². The van der Waals surface area contributed by atoms with Crippen molar-refractivity contribution in [3.63, 3.8) is 0 Å². The number of benzene rings is 2. The topological polar surface area (TPSA) is 62.6 Å². The Balaban J connectivity index is 1.42. The molecule has 5 heteroatoms. The Morgan fingerprint density at radius 2 is 1.70 bits per heavy atom. The van der Waals surface area contributed by atoms with Crippen LogP contribution in [0.3, 0.4) is 0 Å². The molecule has 0 spiro atoms. The SMILES string of the molecule is COc1ccc(CC2CCN(C(=O)COc3ccc(C#N)cc3)CC2)cc1. The van der Waals surface area contributed by atoms with Crippen LogP contribution in [0.15, 0.2) is 48.5 Å². The van der Waals surface area contributed by atoms with Gasteiger partial charge in [0, 0.05) is 13.1 Å². The Morgan fingerprint density at radius 1 is 1.07 bits per heavy atom. The second kappa shape index (κ2) is 9.09. The van der Waals surface area contributed by atoms with Gasteiger partial charge >= 0.3 is 0 Å². The normalized spacial score (nSPS) is 14.4. The van der Waals surface area contributed by atoms with E-state index in [1.807, 2.05) is 17.0 Å². The highest BCUT2D eigenvalue weighted by molar-refractivity contribution is 5.77. The Hall–Kier alpha value is -3.00. The zero-order chi connectivity index (χ0) is 19.1. The van der Waals surface area contributed by atoms with Crippen LogP contribution in [0.25, 0.3) is 0 Å². The number of carbonyl (C=O) groups excluding carboxylic acids is 1. The Labute approximate surface area is 160 Å². The molecule has 1 saturated heterocycles. The van der Waals surface area contributed by atoms with Gasteiger partial charge in [0.25, 0.3) is 5.91 Å². The summed E-state index contributed by atoms with van der Waals surface area (Å²) in [6.45, 7) is 1.59. The number of nitrogens with zero attached hydrogens (tertiary/aromatic N) is 2. The molecule has 140 valence electrons. The van der Waals surface area contributed by atoms with Gasteiger partial charge in [-0.05, 0) is 67.1 Å². The monoisotopic (exact) mass is 364 g/mol. The van der Waals surface area contributed by atoms with E-state index in [1.54, 1.807) is 31.4 Å². The maximum atomic E-state index is 12.4. The van der Waals surface area contributed by atoms with Crippen LogP contribution in [0.1, 0.15) is 24.0 Å². The van der Waals surface area contributed by atoms with Crippen molar-refractivity contribution >= 4 is 5.91 Å². The maximum Gasteiger partial charge on any atom is 0.260 e. The first-order valence-corrected chi connectivity index (χ1v) is 9.21. The van der Waals surface area contributed by atoms with Crippen molar-refractivity contribution in [2.45, 2.75) is 19.3 Å². The highest BCUT2D eigenvalue weighted by atomic mass is 16.5. The summed E-state index contributed by atoms with van der Waals surface area (Å²) in [5, 5.41) is 8.80. The average Bonchev–Trinajstić information content (AvgIpc) is 2.73. The molecule has 3 rings (SSSR count). The van der Waals surface area contributed by atoms with Crippen molar-refractivity contribution in [1.29, 1.82) is 5.26 Å². The predicted molar refractivity (Wildman–Crippen MR) is 103 cm³/mol. The van der Waals surface area contributed by atoms with E-state index in [-0.39, 0.29) is 12.5 Å². The number of hydrogen-bond acceptors (Lipinski definition) is 4. The molecule has 0 unspecified atom stereocenters. The van der Waals surface area contributed by atoms with Gasteiger partial charge in [-0.25, -0.2) is 0 Å². The fraction of sp³-hybridized carbons (Fsp3) is 0.364. The van der Waals surface area contributed by atoms with Gasteiger partial charge in [0.05, 0.1) is 18.7 Å². The van der Waals surface area contributed by atoms with Crippen molar-refractivity contribution in [2.24, 2.45) is 5.92 Å². The molecule has 2 aromatic carbocycles. The van der Waals surface area contributed by atoms with Gasteiger partial charge in [-0.2, -0.15) is 5.26 Å². The second-order valence-corrected chi connectivity index (χ2v) is 6.80. The molecule has 1 aliphatic rings. The average molecular weight is 364 g/mol. The molecule has 5 nitrogen and oxygen atoms in total. The first kappa shape index (κ1) is 18.8. The Kier molecular flexibility index (Phi) is 6.32. The van der Waals surface area contributed by atoms with E-state index in [2.05, 4.69) is 18.2 Å². The van der Waals surface area contributed by atoms with E-state index in [0.29, 0.717) is 17.2 Å². The quantitative estimate of drug-likeness (QED) is 0.788. The molecule has 2 aromatic rings. The number of hydrogen-bond donors (Lipinski definition) is 0. The van der Waals surface area contributed by atoms with Crippen molar-refractivity contribution < 1.29 is 14.3 Å². The summed E-state index contributed by atoms with van der Waals surface area (Å²) < 4.78 is 10.7. The molecule has 0 N–H and O–H groups in total. The third-order valence-corrected chi connectivity index (χ3v) is 5.00. The van der Waals surface area contributed by atoms with E-state index >= 15 is 0 Å². The van der Waals surface area contributed by atoms with Crippen LogP contribution in [0.4, 0.5) is 0 Å². The molecule has 0 saturated carbocycles. The minimum Gasteiger partial charge on any atom is -0.497 e. The van der Waals surface area contributed by atoms with Crippen LogP contribution in [-0.4, -0.2) is 37.6 Å². The van der Waals surface area contributed by atoms with Gasteiger partial charge in [0.15, 0.2) is 6.61 Å². The van der Waals surface area contributed by atoms with Crippen LogP contribution in [-0.2, 0) is 11.2 Å². The van der Waals surface area contributed by atoms with Gasteiger partial charge in [0.1, 0.15) is 11.5 Å². The lowest BCUT2D eigenvalue weighted by atomic mass is 9.90. The molecule has 0 aromatic heterocycles. The molecule has 1 fully saturated rings. The molecule has 1 aliphatic heterocycles. The Bertz CT molecular complexity index is 786. The molecule has 27 heavy (non-hydrogen) atoms. The summed E-state index contributed by atoms with van der Waals surface area (Å²) in [6.07, 6.45) is 3.05. The summed E-state index contributed by atoms with van der Waals surface area (Å²) >= 11 is 0. The first-order chi connectivity index (χ1) is 13.2. The van der Waals surface area contributed by atoms with Crippen molar-refractivity contribution in [3.8, 4) is 17.6 Å². The van der Waals surface area contributed by atoms with Crippen molar-refractivity contribution in [1.82, 2.24) is 4.90 Å². The lowest BCUT2D eigenvalue weighted by Gasteiger charge is -2.32. The van der Waals surface area contributed by atoms with E-state index in [9.17, 15) is 4.79 Å². The minimum atomic E-state index is 0.0160. The lowest BCUT2D eigenvalue weighted by molar-refractivity contribution is -0.134. The third-order valence-electron chi connectivity index (χ3n) is 5.00. The van der Waals surface area contributed by atoms with E-state index in [4.69, 9.17) is 14.7 Å². The smallest absolute Gasteiger partial charge is 0.260 e. The summed E-state index contributed by atoms with van der Waals surface area (Å²) in [4.78, 5) is 14.2. The molecule has 1 amide bonds. The zero-order valence-electron chi connectivity index (χ0n) is 15.6. The number of amides is 1. The minimum absolute atomic E-state index is 0.0160. The van der Waals surface area contributed by atoms with Crippen molar-refractivity contribution in [2.75, 3.05) is 26.8 Å². The summed E-state index contributed by atoms with van der Waals surface area (Å²) in [5.41, 5.74) is 1.89. The van der Waals surface area contributed by atoms with Crippen LogP contribution in [0, 0.1) is 17.2 Å². The van der Waals surface area contributed by atoms with Crippen molar-refractivity contribution in [3.05, 3.63) is 59.7 Å². The molecular formula is C22H24N2O3. The first-order valence-electron chi connectivity index (χ1n) is 9.21. The zero-order valence-corrected chi connectivity index (χ0v) is 15.6. The van der Waals surface area contributed by atoms with Crippen LogP contribution in [0.5, 0.6) is 11.5 Å². The number of methoxy groups -OCH3 is 1. The number of ether oxygens (including phenoxy) is 2. The number of piperidine rings is 1. The third kappa shape index (κ3) is 5.24. The van der Waals surface area contributed by atoms with Gasteiger partial charge in [-0.15, -0.1) is 0 Å². The van der Waals surface area contributed by atoms with Gasteiger partial charge in [-0.3, -0.25) is 4.79 Å². The molecular weight excluding hydrogens is 340 g/mol. The fourth-order valence-corrected chi connectivity index (χ4v) is 3.34. The summed E-state index contributed by atoms with van der Waals surface area (Å²) in [7, 11) is 1.67. The number of rotatable bonds is 6. The van der Waals surface area contributed by atoms with E-state index in [1.165, 1.54) is 5.56 Å². The highest BCUT2D eigenvalue weighted by Crippen LogP contribution is 2.23. The molecule has 0 aliphatic carbocycles. The fourth-order valence-electron chi connectivity index (χ4n) is 3.34. The molecule has 1 heterocycles. The van der Waals surface area contributed by atoms with Crippen LogP contribution in [0.2, 0.25) is 0 Å². The van der Waals surface area contributed by atoms with E-state index < -0.39 is 0 Å². The van der Waals surface area contributed by atoms with Gasteiger partial charge in [0.2, 0.25) is 0 Å². The largest absolute Gasteiger partial charge is 0.497 e. The molecule has 0 radical (unpaired) electrons. The van der Waals surface area contributed by atoms with Crippen LogP contribution < -0.4 is 9.47 Å².